The van der Waals surface area contributed by atoms with Gasteiger partial charge in [-0.15, -0.1) is 21.5 Å². The molecule has 6 nitrogen and oxygen atoms in total. The highest BCUT2D eigenvalue weighted by molar-refractivity contribution is 8.00. The van der Waals surface area contributed by atoms with Crippen molar-refractivity contribution >= 4 is 34.7 Å². The average molecular weight is 403 g/mol. The van der Waals surface area contributed by atoms with Gasteiger partial charge < -0.3 is 14.6 Å². The molecule has 3 rings (SSSR count). The molecule has 1 unspecified atom stereocenters. The molecule has 0 aliphatic carbocycles. The lowest BCUT2D eigenvalue weighted by Gasteiger charge is -2.15. The second kappa shape index (κ2) is 9.05. The minimum Gasteiger partial charge on any atom is -0.495 e. The van der Waals surface area contributed by atoms with Crippen molar-refractivity contribution < 1.29 is 9.53 Å². The molecule has 142 valence electrons. The molecule has 27 heavy (non-hydrogen) atoms. The zero-order valence-corrected chi connectivity index (χ0v) is 17.1. The highest BCUT2D eigenvalue weighted by Crippen LogP contribution is 2.27. The Balaban J connectivity index is 1.62. The molecule has 0 aliphatic rings. The number of hydrogen-bond acceptors (Lipinski definition) is 6. The molecule has 0 radical (unpaired) electrons. The van der Waals surface area contributed by atoms with Gasteiger partial charge in [0.15, 0.2) is 5.16 Å². The molecule has 1 atom stereocenters. The fourth-order valence-corrected chi connectivity index (χ4v) is 4.09. The summed E-state index contributed by atoms with van der Waals surface area (Å²) >= 11 is 3.14. The average Bonchev–Trinajstić information content (AvgIpc) is 3.32. The van der Waals surface area contributed by atoms with Crippen LogP contribution in [0.5, 0.6) is 5.75 Å². The standard InChI is InChI=1S/C19H22N4O2S2/c1-13-6-7-17(25-3)16(11-13)21-18(24)14(2)27-19-22-20-12-23(19)9-8-15-5-4-10-26-15/h4-7,10-12,14H,8-9H2,1-3H3,(H,21,24). The normalized spacial score (nSPS) is 12.0. The van der Waals surface area contributed by atoms with Crippen LogP contribution in [0.3, 0.4) is 0 Å². The zero-order valence-electron chi connectivity index (χ0n) is 15.5. The van der Waals surface area contributed by atoms with Crippen LogP contribution in [-0.2, 0) is 17.8 Å². The number of thiophene rings is 1. The molecule has 0 aliphatic heterocycles. The number of carbonyl (C=O) groups is 1. The number of aryl methyl sites for hydroxylation is 3. The van der Waals surface area contributed by atoms with Crippen molar-refractivity contribution in [1.29, 1.82) is 0 Å². The monoisotopic (exact) mass is 402 g/mol. The molecular formula is C19H22N4O2S2. The summed E-state index contributed by atoms with van der Waals surface area (Å²) in [6, 6.07) is 9.87. The quantitative estimate of drug-likeness (QED) is 0.577. The molecule has 1 N–H and O–H groups in total. The number of amides is 1. The second-order valence-corrected chi connectivity index (χ2v) is 8.43. The number of benzene rings is 1. The Hall–Kier alpha value is -2.32. The summed E-state index contributed by atoms with van der Waals surface area (Å²) < 4.78 is 7.31. The van der Waals surface area contributed by atoms with E-state index in [1.165, 1.54) is 16.6 Å². The van der Waals surface area contributed by atoms with Crippen LogP contribution < -0.4 is 10.1 Å². The number of thioether (sulfide) groups is 1. The molecule has 0 saturated carbocycles. The Morgan fingerprint density at radius 2 is 2.26 bits per heavy atom. The summed E-state index contributed by atoms with van der Waals surface area (Å²) in [5.74, 6) is 0.543. The summed E-state index contributed by atoms with van der Waals surface area (Å²) in [6.07, 6.45) is 2.63. The lowest BCUT2D eigenvalue weighted by molar-refractivity contribution is -0.115. The Morgan fingerprint density at radius 1 is 1.41 bits per heavy atom. The number of anilines is 1. The number of nitrogens with zero attached hydrogens (tertiary/aromatic N) is 3. The Bertz CT molecular complexity index is 893. The van der Waals surface area contributed by atoms with Gasteiger partial charge in [-0.1, -0.05) is 23.9 Å². The first-order valence-electron chi connectivity index (χ1n) is 8.59. The molecule has 0 saturated heterocycles. The van der Waals surface area contributed by atoms with Crippen molar-refractivity contribution in [2.75, 3.05) is 12.4 Å². The predicted molar refractivity (Wildman–Crippen MR) is 110 cm³/mol. The van der Waals surface area contributed by atoms with Crippen LogP contribution in [0.25, 0.3) is 0 Å². The highest BCUT2D eigenvalue weighted by atomic mass is 32.2. The fourth-order valence-electron chi connectivity index (χ4n) is 2.54. The van der Waals surface area contributed by atoms with Gasteiger partial charge in [0.25, 0.3) is 0 Å². The maximum atomic E-state index is 12.6. The zero-order chi connectivity index (χ0) is 19.2. The Kier molecular flexibility index (Phi) is 6.52. The van der Waals surface area contributed by atoms with Crippen molar-refractivity contribution in [2.45, 2.75) is 37.2 Å². The number of nitrogens with one attached hydrogen (secondary N) is 1. The summed E-state index contributed by atoms with van der Waals surface area (Å²) in [5, 5.41) is 13.6. The van der Waals surface area contributed by atoms with Gasteiger partial charge in [-0.05, 0) is 49.4 Å². The number of carbonyl (C=O) groups excluding carboxylic acids is 1. The lowest BCUT2D eigenvalue weighted by Crippen LogP contribution is -2.23. The maximum Gasteiger partial charge on any atom is 0.237 e. The van der Waals surface area contributed by atoms with Gasteiger partial charge in [0.05, 0.1) is 18.0 Å². The van der Waals surface area contributed by atoms with E-state index in [1.54, 1.807) is 24.8 Å². The topological polar surface area (TPSA) is 69.0 Å². The highest BCUT2D eigenvalue weighted by Gasteiger charge is 2.19. The van der Waals surface area contributed by atoms with E-state index < -0.39 is 0 Å². The molecule has 0 spiro atoms. The van der Waals surface area contributed by atoms with E-state index >= 15 is 0 Å². The lowest BCUT2D eigenvalue weighted by atomic mass is 10.2. The van der Waals surface area contributed by atoms with Crippen molar-refractivity contribution in [3.8, 4) is 5.75 Å². The van der Waals surface area contributed by atoms with Crippen molar-refractivity contribution in [3.05, 3.63) is 52.5 Å². The third-order valence-electron chi connectivity index (χ3n) is 4.02. The molecule has 1 amide bonds. The number of hydrogen-bond donors (Lipinski definition) is 1. The number of aromatic nitrogens is 3. The van der Waals surface area contributed by atoms with Crippen LogP contribution in [0.2, 0.25) is 0 Å². The molecule has 2 heterocycles. The SMILES string of the molecule is COc1ccc(C)cc1NC(=O)C(C)Sc1nncn1CCc1cccs1. The van der Waals surface area contributed by atoms with Crippen LogP contribution in [0.4, 0.5) is 5.69 Å². The van der Waals surface area contributed by atoms with Crippen LogP contribution >= 0.6 is 23.1 Å². The summed E-state index contributed by atoms with van der Waals surface area (Å²) in [4.78, 5) is 13.9. The third-order valence-corrected chi connectivity index (χ3v) is 6.05. The van der Waals surface area contributed by atoms with Crippen LogP contribution in [0, 0.1) is 6.92 Å². The van der Waals surface area contributed by atoms with Crippen LogP contribution in [0.15, 0.2) is 47.2 Å². The second-order valence-electron chi connectivity index (χ2n) is 6.09. The Labute approximate surface area is 167 Å². The Morgan fingerprint density at radius 3 is 3.00 bits per heavy atom. The molecule has 8 heteroatoms. The van der Waals surface area contributed by atoms with E-state index in [4.69, 9.17) is 4.74 Å². The van der Waals surface area contributed by atoms with Crippen molar-refractivity contribution in [1.82, 2.24) is 14.8 Å². The molecule has 0 bridgehead atoms. The molecule has 0 fully saturated rings. The first-order chi connectivity index (χ1) is 13.1. The first kappa shape index (κ1) is 19.4. The van der Waals surface area contributed by atoms with E-state index in [1.807, 2.05) is 42.7 Å². The summed E-state index contributed by atoms with van der Waals surface area (Å²) in [5.41, 5.74) is 1.73. The van der Waals surface area contributed by atoms with Crippen molar-refractivity contribution in [3.63, 3.8) is 0 Å². The van der Waals surface area contributed by atoms with E-state index in [0.717, 1.165) is 23.7 Å². The van der Waals surface area contributed by atoms with Gasteiger partial charge in [0, 0.05) is 11.4 Å². The summed E-state index contributed by atoms with van der Waals surface area (Å²) in [6.45, 7) is 4.62. The maximum absolute atomic E-state index is 12.6. The van der Waals surface area contributed by atoms with Crippen molar-refractivity contribution in [2.24, 2.45) is 0 Å². The number of methoxy groups -OCH3 is 1. The fraction of sp³-hybridized carbons (Fsp3) is 0.316. The third kappa shape index (κ3) is 5.11. The molecule has 2 aromatic heterocycles. The van der Waals surface area contributed by atoms with Crippen LogP contribution in [0.1, 0.15) is 17.4 Å². The van der Waals surface area contributed by atoms with E-state index in [0.29, 0.717) is 11.4 Å². The van der Waals surface area contributed by atoms with Gasteiger partial charge in [-0.3, -0.25) is 4.79 Å². The smallest absolute Gasteiger partial charge is 0.237 e. The van der Waals surface area contributed by atoms with Gasteiger partial charge in [-0.2, -0.15) is 0 Å². The minimum atomic E-state index is -0.320. The van der Waals surface area contributed by atoms with E-state index in [2.05, 4.69) is 27.0 Å². The predicted octanol–water partition coefficient (Wildman–Crippen LogP) is 4.02. The van der Waals surface area contributed by atoms with E-state index in [9.17, 15) is 4.79 Å². The summed E-state index contributed by atoms with van der Waals surface area (Å²) in [7, 11) is 1.59. The molecule has 3 aromatic rings. The number of ether oxygens (including phenoxy) is 1. The number of rotatable bonds is 8. The van der Waals surface area contributed by atoms with Gasteiger partial charge in [0.2, 0.25) is 5.91 Å². The minimum absolute atomic E-state index is 0.100. The van der Waals surface area contributed by atoms with Crippen LogP contribution in [-0.4, -0.2) is 33.0 Å². The van der Waals surface area contributed by atoms with E-state index in [-0.39, 0.29) is 11.2 Å². The van der Waals surface area contributed by atoms with Gasteiger partial charge in [0.1, 0.15) is 12.1 Å². The van der Waals surface area contributed by atoms with Gasteiger partial charge >= 0.3 is 0 Å². The molecular weight excluding hydrogens is 380 g/mol. The largest absolute Gasteiger partial charge is 0.495 e. The van der Waals surface area contributed by atoms with Gasteiger partial charge in [-0.25, -0.2) is 0 Å². The molecule has 1 aromatic carbocycles. The first-order valence-corrected chi connectivity index (χ1v) is 10.3.